The third kappa shape index (κ3) is 4.21. The van der Waals surface area contributed by atoms with Crippen molar-refractivity contribution in [2.75, 3.05) is 6.54 Å². The van der Waals surface area contributed by atoms with E-state index in [1.165, 1.54) is 17.7 Å². The van der Waals surface area contributed by atoms with Crippen molar-refractivity contribution >= 4 is 0 Å². The van der Waals surface area contributed by atoms with Gasteiger partial charge in [-0.25, -0.2) is 0 Å². The maximum absolute atomic E-state index is 4.22. The first-order chi connectivity index (χ1) is 10.1. The highest BCUT2D eigenvalue weighted by Crippen LogP contribution is 2.22. The van der Waals surface area contributed by atoms with Crippen LogP contribution in [0.3, 0.4) is 0 Å². The van der Waals surface area contributed by atoms with Gasteiger partial charge < -0.3 is 9.88 Å². The third-order valence-corrected chi connectivity index (χ3v) is 3.96. The van der Waals surface area contributed by atoms with Gasteiger partial charge in [0.15, 0.2) is 0 Å². The van der Waals surface area contributed by atoms with Crippen molar-refractivity contribution in [2.45, 2.75) is 46.2 Å². The molecule has 21 heavy (non-hydrogen) atoms. The molecule has 0 fully saturated rings. The summed E-state index contributed by atoms with van der Waals surface area (Å²) in [5, 5.41) is 7.87. The molecule has 0 bridgehead atoms. The lowest BCUT2D eigenvalue weighted by Gasteiger charge is -2.21. The molecule has 0 saturated carbocycles. The van der Waals surface area contributed by atoms with Crippen molar-refractivity contribution in [3.05, 3.63) is 42.0 Å². The van der Waals surface area contributed by atoms with Crippen LogP contribution in [0.2, 0.25) is 0 Å². The van der Waals surface area contributed by atoms with Crippen LogP contribution in [0.5, 0.6) is 0 Å². The van der Waals surface area contributed by atoms with E-state index in [0.717, 1.165) is 19.5 Å². The number of rotatable bonds is 8. The molecule has 0 saturated heterocycles. The summed E-state index contributed by atoms with van der Waals surface area (Å²) < 4.78 is 4.23. The van der Waals surface area contributed by atoms with E-state index in [2.05, 4.69) is 60.3 Å². The third-order valence-electron chi connectivity index (χ3n) is 3.96. The smallest absolute Gasteiger partial charge is 0.0492 e. The van der Waals surface area contributed by atoms with E-state index in [0.29, 0.717) is 12.0 Å². The summed E-state index contributed by atoms with van der Waals surface area (Å²) in [5.41, 5.74) is 2.67. The molecule has 0 aliphatic heterocycles. The minimum Gasteiger partial charge on any atom is -0.354 e. The van der Waals surface area contributed by atoms with Crippen molar-refractivity contribution in [1.29, 1.82) is 0 Å². The zero-order valence-electron chi connectivity index (χ0n) is 13.7. The van der Waals surface area contributed by atoms with Gasteiger partial charge in [-0.1, -0.05) is 20.8 Å². The van der Waals surface area contributed by atoms with Gasteiger partial charge in [-0.2, -0.15) is 5.10 Å². The van der Waals surface area contributed by atoms with Crippen molar-refractivity contribution in [3.8, 4) is 0 Å². The van der Waals surface area contributed by atoms with Crippen LogP contribution in [-0.2, 0) is 20.0 Å². The highest BCUT2D eigenvalue weighted by atomic mass is 15.3. The van der Waals surface area contributed by atoms with Gasteiger partial charge in [0.05, 0.1) is 0 Å². The van der Waals surface area contributed by atoms with Crippen LogP contribution in [0.15, 0.2) is 30.7 Å². The number of hydrogen-bond donors (Lipinski definition) is 1. The van der Waals surface area contributed by atoms with E-state index in [4.69, 9.17) is 0 Å². The average Bonchev–Trinajstić information content (AvgIpc) is 3.06. The molecule has 0 amide bonds. The number of aromatic nitrogens is 3. The van der Waals surface area contributed by atoms with E-state index in [-0.39, 0.29) is 0 Å². The average molecular weight is 288 g/mol. The van der Waals surface area contributed by atoms with Crippen LogP contribution >= 0.6 is 0 Å². The van der Waals surface area contributed by atoms with Crippen molar-refractivity contribution in [2.24, 2.45) is 13.0 Å². The number of aryl methyl sites for hydroxylation is 3. The number of nitrogens with zero attached hydrogens (tertiary/aromatic N) is 3. The maximum Gasteiger partial charge on any atom is 0.0492 e. The molecule has 0 aromatic carbocycles. The van der Waals surface area contributed by atoms with Gasteiger partial charge in [0, 0.05) is 50.3 Å². The summed E-state index contributed by atoms with van der Waals surface area (Å²) in [6.45, 7) is 8.84. The Bertz CT molecular complexity index is 538. The van der Waals surface area contributed by atoms with Crippen LogP contribution in [-0.4, -0.2) is 20.9 Å². The van der Waals surface area contributed by atoms with Gasteiger partial charge in [-0.3, -0.25) is 4.68 Å². The molecular weight excluding hydrogens is 260 g/mol. The fourth-order valence-electron chi connectivity index (χ4n) is 2.71. The minimum absolute atomic E-state index is 0.447. The molecule has 0 spiro atoms. The van der Waals surface area contributed by atoms with Crippen LogP contribution in [0.1, 0.15) is 44.5 Å². The lowest BCUT2D eigenvalue weighted by Crippen LogP contribution is -2.26. The first-order valence-corrected chi connectivity index (χ1v) is 7.97. The lowest BCUT2D eigenvalue weighted by atomic mass is 9.98. The van der Waals surface area contributed by atoms with Crippen LogP contribution in [0.25, 0.3) is 0 Å². The molecule has 0 aliphatic rings. The van der Waals surface area contributed by atoms with E-state index >= 15 is 0 Å². The summed E-state index contributed by atoms with van der Waals surface area (Å²) in [4.78, 5) is 0. The Morgan fingerprint density at radius 2 is 2.10 bits per heavy atom. The molecule has 2 rings (SSSR count). The van der Waals surface area contributed by atoms with E-state index in [1.54, 1.807) is 0 Å². The SMILES string of the molecule is CCCNC(c1ccn(CCc2ccnn2C)c1)C(C)C. The van der Waals surface area contributed by atoms with Gasteiger partial charge in [-0.15, -0.1) is 0 Å². The predicted octanol–water partition coefficient (Wildman–Crippen LogP) is 3.16. The minimum atomic E-state index is 0.447. The van der Waals surface area contributed by atoms with Crippen molar-refractivity contribution in [1.82, 2.24) is 19.7 Å². The summed E-state index contributed by atoms with van der Waals surface area (Å²) >= 11 is 0. The second-order valence-corrected chi connectivity index (χ2v) is 6.05. The quantitative estimate of drug-likeness (QED) is 0.809. The van der Waals surface area contributed by atoms with Crippen LogP contribution in [0.4, 0.5) is 0 Å². The summed E-state index contributed by atoms with van der Waals surface area (Å²) in [6.07, 6.45) is 8.52. The molecule has 1 unspecified atom stereocenters. The summed E-state index contributed by atoms with van der Waals surface area (Å²) in [7, 11) is 2.00. The molecule has 4 nitrogen and oxygen atoms in total. The first-order valence-electron chi connectivity index (χ1n) is 7.97. The second kappa shape index (κ2) is 7.46. The second-order valence-electron chi connectivity index (χ2n) is 6.05. The standard InChI is InChI=1S/C17H28N4/c1-5-9-18-17(14(2)3)15-7-11-21(13-15)12-8-16-6-10-19-20(16)4/h6-7,10-11,13-14,17-18H,5,8-9,12H2,1-4H3. The van der Waals surface area contributed by atoms with Gasteiger partial charge in [0.2, 0.25) is 0 Å². The molecule has 2 aromatic heterocycles. The Morgan fingerprint density at radius 3 is 2.71 bits per heavy atom. The van der Waals surface area contributed by atoms with Gasteiger partial charge in [-0.05, 0) is 36.6 Å². The zero-order chi connectivity index (χ0) is 15.2. The van der Waals surface area contributed by atoms with Gasteiger partial charge in [0.1, 0.15) is 0 Å². The molecular formula is C17H28N4. The van der Waals surface area contributed by atoms with E-state index < -0.39 is 0 Å². The van der Waals surface area contributed by atoms with Crippen LogP contribution < -0.4 is 5.32 Å². The van der Waals surface area contributed by atoms with Gasteiger partial charge in [0.25, 0.3) is 0 Å². The highest BCUT2D eigenvalue weighted by molar-refractivity contribution is 5.16. The molecule has 0 radical (unpaired) electrons. The Balaban J connectivity index is 1.97. The fourth-order valence-corrected chi connectivity index (χ4v) is 2.71. The Labute approximate surface area is 128 Å². The number of hydrogen-bond acceptors (Lipinski definition) is 2. The Kier molecular flexibility index (Phi) is 5.62. The molecule has 116 valence electrons. The first kappa shape index (κ1) is 15.8. The zero-order valence-corrected chi connectivity index (χ0v) is 13.7. The Hall–Kier alpha value is -1.55. The molecule has 2 heterocycles. The summed E-state index contributed by atoms with van der Waals surface area (Å²) in [6, 6.07) is 4.78. The predicted molar refractivity (Wildman–Crippen MR) is 87.2 cm³/mol. The maximum atomic E-state index is 4.22. The van der Waals surface area contributed by atoms with E-state index in [1.807, 2.05) is 17.9 Å². The lowest BCUT2D eigenvalue weighted by molar-refractivity contribution is 0.412. The molecule has 4 heteroatoms. The van der Waals surface area contributed by atoms with Gasteiger partial charge >= 0.3 is 0 Å². The normalized spacial score (nSPS) is 13.0. The molecule has 1 atom stereocenters. The molecule has 2 aromatic rings. The largest absolute Gasteiger partial charge is 0.354 e. The highest BCUT2D eigenvalue weighted by Gasteiger charge is 2.15. The Morgan fingerprint density at radius 1 is 1.29 bits per heavy atom. The fraction of sp³-hybridized carbons (Fsp3) is 0.588. The summed E-state index contributed by atoms with van der Waals surface area (Å²) in [5.74, 6) is 0.601. The monoisotopic (exact) mass is 288 g/mol. The topological polar surface area (TPSA) is 34.8 Å². The van der Waals surface area contributed by atoms with E-state index in [9.17, 15) is 0 Å². The van der Waals surface area contributed by atoms with Crippen molar-refractivity contribution < 1.29 is 0 Å². The van der Waals surface area contributed by atoms with Crippen molar-refractivity contribution in [3.63, 3.8) is 0 Å². The van der Waals surface area contributed by atoms with Crippen LogP contribution in [0, 0.1) is 5.92 Å². The molecule has 1 N–H and O–H groups in total. The number of nitrogens with one attached hydrogen (secondary N) is 1. The molecule has 0 aliphatic carbocycles.